The van der Waals surface area contributed by atoms with Gasteiger partial charge in [0.15, 0.2) is 15.8 Å². The first-order valence-corrected chi connectivity index (χ1v) is 9.50. The maximum Gasteiger partial charge on any atom is 0.270 e. The van der Waals surface area contributed by atoms with E-state index in [9.17, 15) is 4.79 Å². The first-order valence-electron chi connectivity index (χ1n) is 8.27. The third-order valence-electron chi connectivity index (χ3n) is 4.12. The van der Waals surface area contributed by atoms with Crippen LogP contribution < -0.4 is 14.4 Å². The Morgan fingerprint density at radius 2 is 1.73 bits per heavy atom. The van der Waals surface area contributed by atoms with Crippen LogP contribution in [0.4, 0.5) is 5.69 Å². The van der Waals surface area contributed by atoms with Crippen LogP contribution in [0.2, 0.25) is 0 Å². The summed E-state index contributed by atoms with van der Waals surface area (Å²) >= 11 is 6.78. The van der Waals surface area contributed by atoms with E-state index in [0.717, 1.165) is 28.1 Å². The van der Waals surface area contributed by atoms with Crippen molar-refractivity contribution in [1.29, 1.82) is 0 Å². The highest BCUT2D eigenvalue weighted by Crippen LogP contribution is 2.38. The molecule has 1 saturated heterocycles. The minimum absolute atomic E-state index is 0.0973. The van der Waals surface area contributed by atoms with Crippen molar-refractivity contribution in [3.05, 3.63) is 58.0 Å². The zero-order valence-electron chi connectivity index (χ0n) is 14.4. The van der Waals surface area contributed by atoms with E-state index >= 15 is 0 Å². The second-order valence-corrected chi connectivity index (χ2v) is 7.94. The van der Waals surface area contributed by atoms with Crippen LogP contribution in [-0.2, 0) is 4.79 Å². The van der Waals surface area contributed by atoms with Gasteiger partial charge >= 0.3 is 0 Å². The predicted molar refractivity (Wildman–Crippen MR) is 109 cm³/mol. The minimum atomic E-state index is -0.0973. The molecule has 0 unspecified atom stereocenters. The van der Waals surface area contributed by atoms with Gasteiger partial charge in [0.05, 0.1) is 10.6 Å². The summed E-state index contributed by atoms with van der Waals surface area (Å²) in [6.07, 6.45) is 1.85. The van der Waals surface area contributed by atoms with Gasteiger partial charge in [0.25, 0.3) is 5.91 Å². The highest BCUT2D eigenvalue weighted by atomic mass is 32.2. The molecule has 0 radical (unpaired) electrons. The second kappa shape index (κ2) is 6.78. The van der Waals surface area contributed by atoms with E-state index < -0.39 is 0 Å². The number of hydrogen-bond donors (Lipinski definition) is 0. The molecular weight excluding hydrogens is 366 g/mol. The van der Waals surface area contributed by atoms with Crippen LogP contribution in [0.15, 0.2) is 41.3 Å². The number of rotatable bonds is 2. The molecule has 6 heteroatoms. The second-order valence-electron chi connectivity index (χ2n) is 6.27. The quantitative estimate of drug-likeness (QED) is 0.565. The number of carbonyl (C=O) groups is 1. The summed E-state index contributed by atoms with van der Waals surface area (Å²) in [5.41, 5.74) is 3.90. The standard InChI is InChI=1S/C20H17NO3S2/c1-12-7-13(2)9-15(8-12)21-19(22)18(26-20(21)25)11-14-3-4-16-17(10-14)24-6-5-23-16/h3-4,7-11H,5-6H2,1-2H3/b18-11+. The van der Waals surface area contributed by atoms with Gasteiger partial charge in [-0.05, 0) is 60.9 Å². The Morgan fingerprint density at radius 3 is 2.46 bits per heavy atom. The third-order valence-corrected chi connectivity index (χ3v) is 5.42. The Kier molecular flexibility index (Phi) is 4.46. The van der Waals surface area contributed by atoms with Gasteiger partial charge in [-0.1, -0.05) is 36.1 Å². The summed E-state index contributed by atoms with van der Waals surface area (Å²) < 4.78 is 11.7. The summed E-state index contributed by atoms with van der Waals surface area (Å²) in [5.74, 6) is 1.34. The maximum absolute atomic E-state index is 12.9. The number of thiocarbonyl (C=S) groups is 1. The van der Waals surface area contributed by atoms with Crippen LogP contribution in [-0.4, -0.2) is 23.4 Å². The van der Waals surface area contributed by atoms with Gasteiger partial charge in [0, 0.05) is 0 Å². The molecule has 0 atom stereocenters. The van der Waals surface area contributed by atoms with Gasteiger partial charge in [0.1, 0.15) is 13.2 Å². The molecule has 0 spiro atoms. The Labute approximate surface area is 161 Å². The lowest BCUT2D eigenvalue weighted by atomic mass is 10.1. The van der Waals surface area contributed by atoms with Gasteiger partial charge in [0.2, 0.25) is 0 Å². The lowest BCUT2D eigenvalue weighted by Gasteiger charge is -2.18. The van der Waals surface area contributed by atoms with Crippen molar-refractivity contribution in [2.24, 2.45) is 0 Å². The Balaban J connectivity index is 1.65. The smallest absolute Gasteiger partial charge is 0.270 e. The largest absolute Gasteiger partial charge is 0.486 e. The normalized spacial score (nSPS) is 17.9. The molecule has 0 aromatic heterocycles. The molecule has 4 rings (SSSR count). The maximum atomic E-state index is 12.9. The molecule has 0 aliphatic carbocycles. The van der Waals surface area contributed by atoms with Crippen molar-refractivity contribution < 1.29 is 14.3 Å². The number of anilines is 1. The molecular formula is C20H17NO3S2. The summed E-state index contributed by atoms with van der Waals surface area (Å²) in [4.78, 5) is 15.1. The summed E-state index contributed by atoms with van der Waals surface area (Å²) in [6.45, 7) is 5.12. The van der Waals surface area contributed by atoms with Crippen molar-refractivity contribution >= 4 is 46.0 Å². The number of amides is 1. The van der Waals surface area contributed by atoms with Gasteiger partial charge in [-0.15, -0.1) is 0 Å². The van der Waals surface area contributed by atoms with Crippen LogP contribution >= 0.6 is 24.0 Å². The molecule has 1 fully saturated rings. The van der Waals surface area contributed by atoms with E-state index in [0.29, 0.717) is 28.2 Å². The van der Waals surface area contributed by atoms with E-state index in [1.807, 2.05) is 50.3 Å². The SMILES string of the molecule is Cc1cc(C)cc(N2C(=O)/C(=C\c3ccc4c(c3)OCCO4)SC2=S)c1. The van der Waals surface area contributed by atoms with Crippen LogP contribution in [0.5, 0.6) is 11.5 Å². The topological polar surface area (TPSA) is 38.8 Å². The van der Waals surface area contributed by atoms with E-state index in [1.54, 1.807) is 4.90 Å². The number of nitrogens with zero attached hydrogens (tertiary/aromatic N) is 1. The zero-order valence-corrected chi connectivity index (χ0v) is 16.1. The lowest BCUT2D eigenvalue weighted by molar-refractivity contribution is -0.113. The number of hydrogen-bond acceptors (Lipinski definition) is 5. The molecule has 4 nitrogen and oxygen atoms in total. The zero-order chi connectivity index (χ0) is 18.3. The number of thioether (sulfide) groups is 1. The minimum Gasteiger partial charge on any atom is -0.486 e. The van der Waals surface area contributed by atoms with Crippen molar-refractivity contribution in [1.82, 2.24) is 0 Å². The fourth-order valence-corrected chi connectivity index (χ4v) is 4.37. The van der Waals surface area contributed by atoms with Crippen LogP contribution in [0.3, 0.4) is 0 Å². The summed E-state index contributed by atoms with van der Waals surface area (Å²) in [5, 5.41) is 0. The van der Waals surface area contributed by atoms with Gasteiger partial charge < -0.3 is 9.47 Å². The average Bonchev–Trinajstić information content (AvgIpc) is 2.87. The predicted octanol–water partition coefficient (Wildman–Crippen LogP) is 4.48. The monoisotopic (exact) mass is 383 g/mol. The third kappa shape index (κ3) is 3.22. The number of fused-ring (bicyclic) bond motifs is 1. The van der Waals surface area contributed by atoms with E-state index in [4.69, 9.17) is 21.7 Å². The summed E-state index contributed by atoms with van der Waals surface area (Å²) in [6, 6.07) is 11.7. The van der Waals surface area contributed by atoms with Crippen molar-refractivity contribution in [2.75, 3.05) is 18.1 Å². The molecule has 0 saturated carbocycles. The van der Waals surface area contributed by atoms with E-state index in [2.05, 4.69) is 6.07 Å². The number of benzene rings is 2. The molecule has 132 valence electrons. The molecule has 1 amide bonds. The molecule has 2 aromatic rings. The van der Waals surface area contributed by atoms with Crippen LogP contribution in [0.25, 0.3) is 6.08 Å². The van der Waals surface area contributed by atoms with Gasteiger partial charge in [-0.3, -0.25) is 9.69 Å². The molecule has 0 bridgehead atoms. The Bertz CT molecular complexity index is 932. The molecule has 2 aliphatic rings. The van der Waals surface area contributed by atoms with E-state index in [1.165, 1.54) is 11.8 Å². The Hall–Kier alpha value is -2.31. The molecule has 26 heavy (non-hydrogen) atoms. The van der Waals surface area contributed by atoms with Crippen molar-refractivity contribution in [3.8, 4) is 11.5 Å². The lowest BCUT2D eigenvalue weighted by Crippen LogP contribution is -2.27. The van der Waals surface area contributed by atoms with Gasteiger partial charge in [-0.25, -0.2) is 0 Å². The average molecular weight is 383 g/mol. The summed E-state index contributed by atoms with van der Waals surface area (Å²) in [7, 11) is 0. The molecule has 2 heterocycles. The first-order chi connectivity index (χ1) is 12.5. The highest BCUT2D eigenvalue weighted by Gasteiger charge is 2.33. The molecule has 2 aliphatic heterocycles. The number of aryl methyl sites for hydroxylation is 2. The molecule has 2 aromatic carbocycles. The van der Waals surface area contributed by atoms with Gasteiger partial charge in [-0.2, -0.15) is 0 Å². The first kappa shape index (κ1) is 17.1. The van der Waals surface area contributed by atoms with E-state index in [-0.39, 0.29) is 5.91 Å². The van der Waals surface area contributed by atoms with Crippen LogP contribution in [0, 0.1) is 13.8 Å². The van der Waals surface area contributed by atoms with Crippen molar-refractivity contribution in [2.45, 2.75) is 13.8 Å². The Morgan fingerprint density at radius 1 is 1.04 bits per heavy atom. The fraction of sp³-hybridized carbons (Fsp3) is 0.200. The fourth-order valence-electron chi connectivity index (χ4n) is 3.07. The number of carbonyl (C=O) groups excluding carboxylic acids is 1. The number of ether oxygens (including phenoxy) is 2. The highest BCUT2D eigenvalue weighted by molar-refractivity contribution is 8.27. The molecule has 0 N–H and O–H groups in total. The van der Waals surface area contributed by atoms with Crippen LogP contribution in [0.1, 0.15) is 16.7 Å². The van der Waals surface area contributed by atoms with Crippen molar-refractivity contribution in [3.63, 3.8) is 0 Å².